The molecule has 0 aromatic rings. The van der Waals surface area contributed by atoms with Gasteiger partial charge in [0.15, 0.2) is 0 Å². The first-order valence-corrected chi connectivity index (χ1v) is 8.61. The van der Waals surface area contributed by atoms with Gasteiger partial charge in [-0.1, -0.05) is 22.9 Å². The molecule has 5 nitrogen and oxygen atoms in total. The van der Waals surface area contributed by atoms with Crippen molar-refractivity contribution in [3.8, 4) is 0 Å². The Kier molecular flexibility index (Phi) is 6.97. The van der Waals surface area contributed by atoms with Crippen LogP contribution in [0.25, 0.3) is 0 Å². The van der Waals surface area contributed by atoms with E-state index >= 15 is 0 Å². The Bertz CT molecular complexity index is 361. The fourth-order valence-electron chi connectivity index (χ4n) is 2.20. The molecule has 1 amide bonds. The second-order valence-corrected chi connectivity index (χ2v) is 7.25. The SMILES string of the molecule is CC(CBr)C(NC(=O)OC(C)(C)C)C(=O)OC1CCCC1. The van der Waals surface area contributed by atoms with Gasteiger partial charge < -0.3 is 14.8 Å². The van der Waals surface area contributed by atoms with E-state index in [4.69, 9.17) is 9.47 Å². The number of rotatable bonds is 5. The van der Waals surface area contributed by atoms with Crippen molar-refractivity contribution in [1.29, 1.82) is 0 Å². The number of alkyl halides is 1. The highest BCUT2D eigenvalue weighted by atomic mass is 79.9. The summed E-state index contributed by atoms with van der Waals surface area (Å²) in [5.41, 5.74) is -0.596. The fourth-order valence-corrected chi connectivity index (χ4v) is 2.57. The lowest BCUT2D eigenvalue weighted by molar-refractivity contribution is -0.152. The topological polar surface area (TPSA) is 64.6 Å². The van der Waals surface area contributed by atoms with Crippen LogP contribution in [0, 0.1) is 5.92 Å². The average molecular weight is 364 g/mol. The molecule has 6 heteroatoms. The van der Waals surface area contributed by atoms with Crippen LogP contribution in [0.2, 0.25) is 0 Å². The Labute approximate surface area is 135 Å². The van der Waals surface area contributed by atoms with E-state index in [1.54, 1.807) is 20.8 Å². The second-order valence-electron chi connectivity index (χ2n) is 6.60. The van der Waals surface area contributed by atoms with E-state index in [0.717, 1.165) is 25.7 Å². The van der Waals surface area contributed by atoms with E-state index in [1.807, 2.05) is 6.92 Å². The van der Waals surface area contributed by atoms with Crippen molar-refractivity contribution in [1.82, 2.24) is 5.32 Å². The maximum atomic E-state index is 12.3. The summed E-state index contributed by atoms with van der Waals surface area (Å²) < 4.78 is 10.7. The molecule has 0 spiro atoms. The van der Waals surface area contributed by atoms with Crippen molar-refractivity contribution in [2.75, 3.05) is 5.33 Å². The molecular formula is C15H26BrNO4. The molecule has 1 fully saturated rings. The van der Waals surface area contributed by atoms with Gasteiger partial charge in [-0.05, 0) is 52.4 Å². The molecule has 0 heterocycles. The molecule has 1 saturated carbocycles. The highest BCUT2D eigenvalue weighted by Gasteiger charge is 2.32. The Morgan fingerprint density at radius 2 is 1.86 bits per heavy atom. The summed E-state index contributed by atoms with van der Waals surface area (Å²) in [5.74, 6) is -0.453. The largest absolute Gasteiger partial charge is 0.461 e. The van der Waals surface area contributed by atoms with Crippen molar-refractivity contribution in [2.45, 2.75) is 71.1 Å². The first kappa shape index (κ1) is 18.3. The van der Waals surface area contributed by atoms with Crippen LogP contribution in [0.5, 0.6) is 0 Å². The molecule has 2 unspecified atom stereocenters. The number of carbonyl (C=O) groups excluding carboxylic acids is 2. The molecule has 0 saturated heterocycles. The van der Waals surface area contributed by atoms with Gasteiger partial charge in [-0.3, -0.25) is 0 Å². The Morgan fingerprint density at radius 1 is 1.29 bits per heavy atom. The lowest BCUT2D eigenvalue weighted by Gasteiger charge is -2.26. The minimum Gasteiger partial charge on any atom is -0.461 e. The predicted molar refractivity (Wildman–Crippen MR) is 84.5 cm³/mol. The van der Waals surface area contributed by atoms with Crippen LogP contribution < -0.4 is 5.32 Å². The van der Waals surface area contributed by atoms with Crippen LogP contribution in [0.1, 0.15) is 53.4 Å². The number of halogens is 1. The standard InChI is InChI=1S/C15H26BrNO4/c1-10(9-16)12(17-14(19)21-15(2,3)4)13(18)20-11-7-5-6-8-11/h10-12H,5-9H2,1-4H3,(H,17,19). The normalized spacial score (nSPS) is 18.9. The molecule has 0 aromatic heterocycles. The lowest BCUT2D eigenvalue weighted by atomic mass is 10.0. The van der Waals surface area contributed by atoms with Gasteiger partial charge in [-0.2, -0.15) is 0 Å². The van der Waals surface area contributed by atoms with E-state index in [9.17, 15) is 9.59 Å². The molecule has 0 radical (unpaired) electrons. The van der Waals surface area contributed by atoms with Gasteiger partial charge in [0.1, 0.15) is 17.7 Å². The zero-order chi connectivity index (χ0) is 16.0. The number of nitrogens with one attached hydrogen (secondary N) is 1. The van der Waals surface area contributed by atoms with Gasteiger partial charge in [0.2, 0.25) is 0 Å². The molecule has 1 rings (SSSR count). The van der Waals surface area contributed by atoms with Crippen LogP contribution in [-0.2, 0) is 14.3 Å². The molecule has 21 heavy (non-hydrogen) atoms. The summed E-state index contributed by atoms with van der Waals surface area (Å²) in [5, 5.41) is 3.22. The van der Waals surface area contributed by atoms with E-state index in [2.05, 4.69) is 21.2 Å². The van der Waals surface area contributed by atoms with Gasteiger partial charge in [-0.15, -0.1) is 0 Å². The third-order valence-electron chi connectivity index (χ3n) is 3.32. The highest BCUT2D eigenvalue weighted by molar-refractivity contribution is 9.09. The summed E-state index contributed by atoms with van der Waals surface area (Å²) >= 11 is 3.35. The average Bonchev–Trinajstić information content (AvgIpc) is 2.85. The van der Waals surface area contributed by atoms with Gasteiger partial charge in [0.25, 0.3) is 0 Å². The monoisotopic (exact) mass is 363 g/mol. The van der Waals surface area contributed by atoms with Crippen LogP contribution in [0.4, 0.5) is 4.79 Å². The smallest absolute Gasteiger partial charge is 0.408 e. The molecule has 0 aromatic carbocycles. The van der Waals surface area contributed by atoms with E-state index in [0.29, 0.717) is 5.33 Å². The van der Waals surface area contributed by atoms with Gasteiger partial charge in [-0.25, -0.2) is 9.59 Å². The van der Waals surface area contributed by atoms with Crippen LogP contribution in [-0.4, -0.2) is 35.1 Å². The molecule has 1 aliphatic carbocycles. The summed E-state index contributed by atoms with van der Waals surface area (Å²) in [6, 6.07) is -0.695. The lowest BCUT2D eigenvalue weighted by Crippen LogP contribution is -2.48. The minimum atomic E-state index is -0.695. The predicted octanol–water partition coefficient (Wildman–Crippen LogP) is 3.40. The summed E-state index contributed by atoms with van der Waals surface area (Å²) in [4.78, 5) is 24.2. The number of hydrogen-bond donors (Lipinski definition) is 1. The van der Waals surface area contributed by atoms with Crippen molar-refractivity contribution >= 4 is 28.0 Å². The van der Waals surface area contributed by atoms with Crippen molar-refractivity contribution in [2.24, 2.45) is 5.92 Å². The number of esters is 1. The maximum Gasteiger partial charge on any atom is 0.408 e. The highest BCUT2D eigenvalue weighted by Crippen LogP contribution is 2.22. The number of alkyl carbamates (subject to hydrolysis) is 1. The zero-order valence-electron chi connectivity index (χ0n) is 13.3. The third-order valence-corrected chi connectivity index (χ3v) is 4.34. The van der Waals surface area contributed by atoms with Crippen molar-refractivity contribution < 1.29 is 19.1 Å². The van der Waals surface area contributed by atoms with Crippen LogP contribution >= 0.6 is 15.9 Å². The Morgan fingerprint density at radius 3 is 2.33 bits per heavy atom. The van der Waals surface area contributed by atoms with Crippen LogP contribution in [0.15, 0.2) is 0 Å². The van der Waals surface area contributed by atoms with Crippen molar-refractivity contribution in [3.63, 3.8) is 0 Å². The summed E-state index contributed by atoms with van der Waals surface area (Å²) in [6.07, 6.45) is 3.40. The number of hydrogen-bond acceptors (Lipinski definition) is 4. The fraction of sp³-hybridized carbons (Fsp3) is 0.867. The van der Waals surface area contributed by atoms with E-state index in [-0.39, 0.29) is 18.0 Å². The summed E-state index contributed by atoms with van der Waals surface area (Å²) in [6.45, 7) is 7.23. The number of carbonyl (C=O) groups is 2. The molecule has 122 valence electrons. The third kappa shape index (κ3) is 6.68. The first-order valence-electron chi connectivity index (χ1n) is 7.49. The minimum absolute atomic E-state index is 0.0111. The summed E-state index contributed by atoms with van der Waals surface area (Å²) in [7, 11) is 0. The second kappa shape index (κ2) is 8.01. The first-order chi connectivity index (χ1) is 9.73. The van der Waals surface area contributed by atoms with Gasteiger partial charge in [0.05, 0.1) is 0 Å². The molecule has 0 bridgehead atoms. The number of ether oxygens (including phenoxy) is 2. The zero-order valence-corrected chi connectivity index (χ0v) is 14.9. The van der Waals surface area contributed by atoms with E-state index < -0.39 is 17.7 Å². The van der Waals surface area contributed by atoms with Crippen LogP contribution in [0.3, 0.4) is 0 Å². The molecule has 0 aliphatic heterocycles. The Balaban J connectivity index is 2.61. The number of amides is 1. The molecule has 1 aliphatic rings. The maximum absolute atomic E-state index is 12.3. The van der Waals surface area contributed by atoms with E-state index in [1.165, 1.54) is 0 Å². The quantitative estimate of drug-likeness (QED) is 0.600. The molecule has 1 N–H and O–H groups in total. The molecular weight excluding hydrogens is 338 g/mol. The van der Waals surface area contributed by atoms with Crippen molar-refractivity contribution in [3.05, 3.63) is 0 Å². The van der Waals surface area contributed by atoms with Gasteiger partial charge >= 0.3 is 12.1 Å². The Hall–Kier alpha value is -0.780. The molecule has 2 atom stereocenters. The van der Waals surface area contributed by atoms with Gasteiger partial charge in [0, 0.05) is 5.33 Å².